The standard InChI is InChI=1S/C11H17N3O/c1-2-9-3-5-10(6-4-9)13-8-7-11(12)14-15/h3-6,13,15H,2,7-8H2,1H3,(H2,12,14). The fraction of sp³-hybridized carbons (Fsp3) is 0.364. The van der Waals surface area contributed by atoms with Crippen molar-refractivity contribution in [1.82, 2.24) is 0 Å². The molecule has 0 radical (unpaired) electrons. The average molecular weight is 207 g/mol. The van der Waals surface area contributed by atoms with E-state index in [2.05, 4.69) is 29.5 Å². The first-order valence-electron chi connectivity index (χ1n) is 5.05. The molecule has 0 heterocycles. The number of oxime groups is 1. The molecule has 0 amide bonds. The maximum absolute atomic E-state index is 8.34. The van der Waals surface area contributed by atoms with Gasteiger partial charge in [-0.3, -0.25) is 0 Å². The van der Waals surface area contributed by atoms with Gasteiger partial charge in [-0.05, 0) is 24.1 Å². The van der Waals surface area contributed by atoms with Crippen LogP contribution >= 0.6 is 0 Å². The van der Waals surface area contributed by atoms with E-state index in [4.69, 9.17) is 10.9 Å². The molecular formula is C11H17N3O. The van der Waals surface area contributed by atoms with Crippen LogP contribution < -0.4 is 11.1 Å². The third-order valence-corrected chi connectivity index (χ3v) is 2.20. The molecule has 82 valence electrons. The molecule has 0 spiro atoms. The van der Waals surface area contributed by atoms with Gasteiger partial charge < -0.3 is 16.3 Å². The molecule has 15 heavy (non-hydrogen) atoms. The van der Waals surface area contributed by atoms with E-state index in [1.165, 1.54) is 5.56 Å². The minimum Gasteiger partial charge on any atom is -0.409 e. The normalized spacial score (nSPS) is 11.4. The van der Waals surface area contributed by atoms with Gasteiger partial charge in [0, 0.05) is 18.7 Å². The first-order chi connectivity index (χ1) is 7.26. The van der Waals surface area contributed by atoms with Crippen LogP contribution in [0.4, 0.5) is 5.69 Å². The molecule has 4 N–H and O–H groups in total. The second kappa shape index (κ2) is 5.90. The number of amidine groups is 1. The maximum Gasteiger partial charge on any atom is 0.140 e. The summed E-state index contributed by atoms with van der Waals surface area (Å²) < 4.78 is 0. The first-order valence-corrected chi connectivity index (χ1v) is 5.05. The SMILES string of the molecule is CCc1ccc(NCCC(N)=NO)cc1. The van der Waals surface area contributed by atoms with Gasteiger partial charge in [0.2, 0.25) is 0 Å². The number of hydrogen-bond acceptors (Lipinski definition) is 3. The number of nitrogens with zero attached hydrogens (tertiary/aromatic N) is 1. The van der Waals surface area contributed by atoms with Gasteiger partial charge in [-0.25, -0.2) is 0 Å². The van der Waals surface area contributed by atoms with Crippen LogP contribution in [0, 0.1) is 0 Å². The first kappa shape index (κ1) is 11.4. The molecule has 0 aromatic heterocycles. The second-order valence-electron chi connectivity index (χ2n) is 3.32. The van der Waals surface area contributed by atoms with Crippen LogP contribution in [0.3, 0.4) is 0 Å². The number of anilines is 1. The number of hydrogen-bond donors (Lipinski definition) is 3. The summed E-state index contributed by atoms with van der Waals surface area (Å²) in [5.41, 5.74) is 7.71. The van der Waals surface area contributed by atoms with E-state index in [-0.39, 0.29) is 5.84 Å². The summed E-state index contributed by atoms with van der Waals surface area (Å²) in [4.78, 5) is 0. The third-order valence-electron chi connectivity index (χ3n) is 2.20. The van der Waals surface area contributed by atoms with Crippen LogP contribution in [0.2, 0.25) is 0 Å². The molecule has 4 heteroatoms. The zero-order valence-electron chi connectivity index (χ0n) is 8.90. The van der Waals surface area contributed by atoms with Crippen LogP contribution in [0.25, 0.3) is 0 Å². The summed E-state index contributed by atoms with van der Waals surface area (Å²) in [5.74, 6) is 0.243. The highest BCUT2D eigenvalue weighted by Crippen LogP contribution is 2.09. The Balaban J connectivity index is 2.38. The van der Waals surface area contributed by atoms with E-state index in [9.17, 15) is 0 Å². The number of nitrogens with two attached hydrogens (primary N) is 1. The van der Waals surface area contributed by atoms with Crippen molar-refractivity contribution in [1.29, 1.82) is 0 Å². The minimum atomic E-state index is 0.243. The lowest BCUT2D eigenvalue weighted by atomic mass is 10.1. The molecule has 4 nitrogen and oxygen atoms in total. The summed E-state index contributed by atoms with van der Waals surface area (Å²) in [6, 6.07) is 8.24. The largest absolute Gasteiger partial charge is 0.409 e. The topological polar surface area (TPSA) is 70.6 Å². The predicted octanol–water partition coefficient (Wildman–Crippen LogP) is 1.80. The minimum absolute atomic E-state index is 0.243. The van der Waals surface area contributed by atoms with Crippen molar-refractivity contribution in [2.75, 3.05) is 11.9 Å². The molecule has 0 aliphatic heterocycles. The molecular weight excluding hydrogens is 190 g/mol. The highest BCUT2D eigenvalue weighted by Gasteiger charge is 1.94. The fourth-order valence-corrected chi connectivity index (χ4v) is 1.24. The smallest absolute Gasteiger partial charge is 0.140 e. The van der Waals surface area contributed by atoms with Gasteiger partial charge in [-0.1, -0.05) is 24.2 Å². The second-order valence-corrected chi connectivity index (χ2v) is 3.32. The Morgan fingerprint density at radius 2 is 2.07 bits per heavy atom. The Morgan fingerprint density at radius 3 is 2.60 bits per heavy atom. The predicted molar refractivity (Wildman–Crippen MR) is 62.3 cm³/mol. The number of aryl methyl sites for hydroxylation is 1. The van der Waals surface area contributed by atoms with E-state index in [1.807, 2.05) is 12.1 Å². The highest BCUT2D eigenvalue weighted by molar-refractivity contribution is 5.80. The van der Waals surface area contributed by atoms with Gasteiger partial charge in [0.05, 0.1) is 0 Å². The van der Waals surface area contributed by atoms with Crippen molar-refractivity contribution < 1.29 is 5.21 Å². The van der Waals surface area contributed by atoms with E-state index < -0.39 is 0 Å². The number of benzene rings is 1. The van der Waals surface area contributed by atoms with Gasteiger partial charge in [-0.15, -0.1) is 0 Å². The molecule has 0 unspecified atom stereocenters. The zero-order valence-corrected chi connectivity index (χ0v) is 8.90. The van der Waals surface area contributed by atoms with Gasteiger partial charge in [0.25, 0.3) is 0 Å². The van der Waals surface area contributed by atoms with Gasteiger partial charge in [0.1, 0.15) is 5.84 Å². The summed E-state index contributed by atoms with van der Waals surface area (Å²) in [5, 5.41) is 14.4. The van der Waals surface area contributed by atoms with E-state index >= 15 is 0 Å². The summed E-state index contributed by atoms with van der Waals surface area (Å²) in [7, 11) is 0. The molecule has 1 aromatic rings. The van der Waals surface area contributed by atoms with E-state index in [0.29, 0.717) is 13.0 Å². The van der Waals surface area contributed by atoms with E-state index in [1.54, 1.807) is 0 Å². The van der Waals surface area contributed by atoms with Crippen LogP contribution in [0.1, 0.15) is 18.9 Å². The lowest BCUT2D eigenvalue weighted by Crippen LogP contribution is -2.16. The quantitative estimate of drug-likeness (QED) is 0.298. The molecule has 0 bridgehead atoms. The van der Waals surface area contributed by atoms with Gasteiger partial charge in [-0.2, -0.15) is 0 Å². The van der Waals surface area contributed by atoms with Crippen LogP contribution in [-0.4, -0.2) is 17.6 Å². The number of nitrogens with one attached hydrogen (secondary N) is 1. The molecule has 0 fully saturated rings. The van der Waals surface area contributed by atoms with Crippen LogP contribution in [-0.2, 0) is 6.42 Å². The van der Waals surface area contributed by atoms with Crippen molar-refractivity contribution in [2.24, 2.45) is 10.9 Å². The van der Waals surface area contributed by atoms with Crippen LogP contribution in [0.5, 0.6) is 0 Å². The van der Waals surface area contributed by atoms with Crippen molar-refractivity contribution in [3.63, 3.8) is 0 Å². The van der Waals surface area contributed by atoms with Crippen molar-refractivity contribution >= 4 is 11.5 Å². The fourth-order valence-electron chi connectivity index (χ4n) is 1.24. The lowest BCUT2D eigenvalue weighted by molar-refractivity contribution is 0.317. The van der Waals surface area contributed by atoms with Gasteiger partial charge >= 0.3 is 0 Å². The summed E-state index contributed by atoms with van der Waals surface area (Å²) >= 11 is 0. The molecule has 0 aliphatic rings. The molecule has 1 rings (SSSR count). The average Bonchev–Trinajstić information content (AvgIpc) is 2.29. The molecule has 0 aliphatic carbocycles. The van der Waals surface area contributed by atoms with E-state index in [0.717, 1.165) is 12.1 Å². The van der Waals surface area contributed by atoms with Crippen molar-refractivity contribution in [3.05, 3.63) is 29.8 Å². The Morgan fingerprint density at radius 1 is 1.40 bits per heavy atom. The van der Waals surface area contributed by atoms with Crippen LogP contribution in [0.15, 0.2) is 29.4 Å². The Labute approximate surface area is 89.8 Å². The Kier molecular flexibility index (Phi) is 4.47. The monoisotopic (exact) mass is 207 g/mol. The highest BCUT2D eigenvalue weighted by atomic mass is 16.4. The maximum atomic E-state index is 8.34. The third kappa shape index (κ3) is 3.89. The van der Waals surface area contributed by atoms with Crippen molar-refractivity contribution in [2.45, 2.75) is 19.8 Å². The molecule has 1 aromatic carbocycles. The lowest BCUT2D eigenvalue weighted by Gasteiger charge is -2.06. The Bertz CT molecular complexity index is 319. The number of rotatable bonds is 5. The Hall–Kier alpha value is -1.71. The summed E-state index contributed by atoms with van der Waals surface area (Å²) in [6.45, 7) is 2.79. The molecule has 0 saturated carbocycles. The summed E-state index contributed by atoms with van der Waals surface area (Å²) in [6.07, 6.45) is 1.58. The van der Waals surface area contributed by atoms with Crippen molar-refractivity contribution in [3.8, 4) is 0 Å². The molecule has 0 atom stereocenters. The van der Waals surface area contributed by atoms with Gasteiger partial charge in [0.15, 0.2) is 0 Å². The molecule has 0 saturated heterocycles. The zero-order chi connectivity index (χ0) is 11.1.